The van der Waals surface area contributed by atoms with Crippen LogP contribution in [0, 0.1) is 11.7 Å². The first-order valence-corrected chi connectivity index (χ1v) is 8.43. The number of carbonyl (C=O) groups excluding carboxylic acids is 2. The lowest BCUT2D eigenvalue weighted by atomic mass is 10.2. The molecule has 0 radical (unpaired) electrons. The number of rotatable bonds is 8. The molecule has 0 aliphatic carbocycles. The maximum Gasteiger partial charge on any atom is 0.338 e. The summed E-state index contributed by atoms with van der Waals surface area (Å²) in [6, 6.07) is 10.3. The predicted octanol–water partition coefficient (Wildman–Crippen LogP) is 3.66. The topological polar surface area (TPSA) is 73.9 Å². The number of amides is 1. The van der Waals surface area contributed by atoms with E-state index in [-0.39, 0.29) is 11.3 Å². The molecule has 0 bridgehead atoms. The Balaban J connectivity index is 1.95. The molecule has 0 saturated carbocycles. The number of hydrogen-bond donors (Lipinski definition) is 1. The number of anilines is 1. The van der Waals surface area contributed by atoms with Gasteiger partial charge in [-0.05, 0) is 36.2 Å². The van der Waals surface area contributed by atoms with Crippen molar-refractivity contribution in [2.24, 2.45) is 5.92 Å². The number of carbonyl (C=O) groups is 2. The van der Waals surface area contributed by atoms with Crippen molar-refractivity contribution in [2.75, 3.05) is 25.6 Å². The van der Waals surface area contributed by atoms with Crippen molar-refractivity contribution in [1.29, 1.82) is 0 Å². The van der Waals surface area contributed by atoms with Crippen LogP contribution < -0.4 is 14.8 Å². The third kappa shape index (κ3) is 5.99. The highest BCUT2D eigenvalue weighted by atomic mass is 19.1. The number of halogens is 1. The summed E-state index contributed by atoms with van der Waals surface area (Å²) in [5.74, 6) is -0.670. The lowest BCUT2D eigenvalue weighted by Gasteiger charge is -2.13. The molecular formula is C20H22FNO5. The SMILES string of the molecule is COc1cc(C(=O)OCC(=O)Nc2ccccc2F)ccc1OCC(C)C. The van der Waals surface area contributed by atoms with Crippen LogP contribution in [0.15, 0.2) is 42.5 Å². The Morgan fingerprint density at radius 1 is 1.11 bits per heavy atom. The second-order valence-corrected chi connectivity index (χ2v) is 6.17. The van der Waals surface area contributed by atoms with E-state index in [2.05, 4.69) is 5.32 Å². The van der Waals surface area contributed by atoms with Gasteiger partial charge in [0.25, 0.3) is 5.91 Å². The van der Waals surface area contributed by atoms with E-state index in [1.54, 1.807) is 12.1 Å². The summed E-state index contributed by atoms with van der Waals surface area (Å²) in [5, 5.41) is 2.34. The molecule has 0 aliphatic rings. The van der Waals surface area contributed by atoms with E-state index in [0.29, 0.717) is 24.0 Å². The Bertz CT molecular complexity index is 807. The molecule has 144 valence electrons. The maximum absolute atomic E-state index is 13.5. The van der Waals surface area contributed by atoms with Gasteiger partial charge in [-0.1, -0.05) is 26.0 Å². The molecule has 2 rings (SSSR count). The molecule has 27 heavy (non-hydrogen) atoms. The highest BCUT2D eigenvalue weighted by Crippen LogP contribution is 2.28. The van der Waals surface area contributed by atoms with Crippen LogP contribution in [0.1, 0.15) is 24.2 Å². The average molecular weight is 375 g/mol. The molecule has 6 nitrogen and oxygen atoms in total. The Hall–Kier alpha value is -3.09. The van der Waals surface area contributed by atoms with Gasteiger partial charge in [0.1, 0.15) is 5.82 Å². The van der Waals surface area contributed by atoms with Crippen LogP contribution in [0.2, 0.25) is 0 Å². The van der Waals surface area contributed by atoms with Gasteiger partial charge < -0.3 is 19.5 Å². The molecular weight excluding hydrogens is 353 g/mol. The number of nitrogens with one attached hydrogen (secondary N) is 1. The van der Waals surface area contributed by atoms with E-state index in [4.69, 9.17) is 14.2 Å². The first-order chi connectivity index (χ1) is 12.9. The highest BCUT2D eigenvalue weighted by Gasteiger charge is 2.15. The van der Waals surface area contributed by atoms with E-state index in [1.165, 1.54) is 37.4 Å². The van der Waals surface area contributed by atoms with Crippen LogP contribution in [-0.2, 0) is 9.53 Å². The molecule has 0 unspecified atom stereocenters. The first-order valence-electron chi connectivity index (χ1n) is 8.43. The second kappa shape index (κ2) is 9.56. The van der Waals surface area contributed by atoms with Crippen LogP contribution >= 0.6 is 0 Å². The summed E-state index contributed by atoms with van der Waals surface area (Å²) in [6.45, 7) is 4.01. The van der Waals surface area contributed by atoms with Crippen molar-refractivity contribution in [2.45, 2.75) is 13.8 Å². The lowest BCUT2D eigenvalue weighted by Crippen LogP contribution is -2.21. The zero-order valence-corrected chi connectivity index (χ0v) is 15.5. The Labute approximate surface area is 157 Å². The number of para-hydroxylation sites is 1. The van der Waals surface area contributed by atoms with Gasteiger partial charge in [-0.25, -0.2) is 9.18 Å². The monoisotopic (exact) mass is 375 g/mol. The molecule has 0 heterocycles. The fraction of sp³-hybridized carbons (Fsp3) is 0.300. The van der Waals surface area contributed by atoms with Crippen LogP contribution in [0.5, 0.6) is 11.5 Å². The third-order valence-corrected chi connectivity index (χ3v) is 3.45. The molecule has 0 spiro atoms. The second-order valence-electron chi connectivity index (χ2n) is 6.17. The molecule has 0 aromatic heterocycles. The summed E-state index contributed by atoms with van der Waals surface area (Å²) < 4.78 is 29.3. The minimum Gasteiger partial charge on any atom is -0.493 e. The molecule has 7 heteroatoms. The summed E-state index contributed by atoms with van der Waals surface area (Å²) >= 11 is 0. The minimum absolute atomic E-state index is 0.0203. The van der Waals surface area contributed by atoms with Crippen molar-refractivity contribution in [1.82, 2.24) is 0 Å². The van der Waals surface area contributed by atoms with Crippen LogP contribution in [0.25, 0.3) is 0 Å². The molecule has 0 saturated heterocycles. The maximum atomic E-state index is 13.5. The molecule has 0 aliphatic heterocycles. The molecule has 1 N–H and O–H groups in total. The van der Waals surface area contributed by atoms with Gasteiger partial charge in [0.2, 0.25) is 0 Å². The van der Waals surface area contributed by atoms with Gasteiger partial charge in [0.05, 0.1) is 25.0 Å². The zero-order valence-electron chi connectivity index (χ0n) is 15.5. The Morgan fingerprint density at radius 2 is 1.85 bits per heavy atom. The van der Waals surface area contributed by atoms with E-state index in [9.17, 15) is 14.0 Å². The molecule has 1 amide bonds. The fourth-order valence-electron chi connectivity index (χ4n) is 2.13. The standard InChI is InChI=1S/C20H22FNO5/c1-13(2)11-26-17-9-8-14(10-18(17)25-3)20(24)27-12-19(23)22-16-7-5-4-6-15(16)21/h4-10,13H,11-12H2,1-3H3,(H,22,23). The molecule has 0 fully saturated rings. The fourth-order valence-corrected chi connectivity index (χ4v) is 2.13. The van der Waals surface area contributed by atoms with Gasteiger partial charge in [-0.15, -0.1) is 0 Å². The van der Waals surface area contributed by atoms with E-state index >= 15 is 0 Å². The minimum atomic E-state index is -0.701. The number of methoxy groups -OCH3 is 1. The van der Waals surface area contributed by atoms with Gasteiger partial charge in [0, 0.05) is 0 Å². The molecule has 2 aromatic carbocycles. The van der Waals surface area contributed by atoms with Gasteiger partial charge in [-0.2, -0.15) is 0 Å². The quantitative estimate of drug-likeness (QED) is 0.713. The number of esters is 1. The highest BCUT2D eigenvalue weighted by molar-refractivity contribution is 5.95. The zero-order chi connectivity index (χ0) is 19.8. The third-order valence-electron chi connectivity index (χ3n) is 3.45. The summed E-state index contributed by atoms with van der Waals surface area (Å²) in [6.07, 6.45) is 0. The van der Waals surface area contributed by atoms with Crippen molar-refractivity contribution in [3.8, 4) is 11.5 Å². The number of benzene rings is 2. The van der Waals surface area contributed by atoms with E-state index < -0.39 is 24.3 Å². The van der Waals surface area contributed by atoms with Crippen LogP contribution in [-0.4, -0.2) is 32.2 Å². The van der Waals surface area contributed by atoms with Gasteiger partial charge in [0.15, 0.2) is 18.1 Å². The normalized spacial score (nSPS) is 10.4. The summed E-state index contributed by atoms with van der Waals surface area (Å²) in [5.41, 5.74) is 0.231. The Kier molecular flexibility index (Phi) is 7.16. The Morgan fingerprint density at radius 3 is 2.52 bits per heavy atom. The van der Waals surface area contributed by atoms with Crippen molar-refractivity contribution >= 4 is 17.6 Å². The van der Waals surface area contributed by atoms with Gasteiger partial charge in [-0.3, -0.25) is 4.79 Å². The van der Waals surface area contributed by atoms with E-state index in [1.807, 2.05) is 13.8 Å². The van der Waals surface area contributed by atoms with E-state index in [0.717, 1.165) is 0 Å². The van der Waals surface area contributed by atoms with Crippen molar-refractivity contribution in [3.63, 3.8) is 0 Å². The molecule has 2 aromatic rings. The largest absolute Gasteiger partial charge is 0.493 e. The lowest BCUT2D eigenvalue weighted by molar-refractivity contribution is -0.119. The average Bonchev–Trinajstić information content (AvgIpc) is 2.66. The van der Waals surface area contributed by atoms with Crippen LogP contribution in [0.4, 0.5) is 10.1 Å². The van der Waals surface area contributed by atoms with Gasteiger partial charge >= 0.3 is 5.97 Å². The smallest absolute Gasteiger partial charge is 0.338 e. The number of ether oxygens (including phenoxy) is 3. The number of hydrogen-bond acceptors (Lipinski definition) is 5. The van der Waals surface area contributed by atoms with Crippen molar-refractivity contribution in [3.05, 3.63) is 53.8 Å². The summed E-state index contributed by atoms with van der Waals surface area (Å²) in [7, 11) is 1.47. The summed E-state index contributed by atoms with van der Waals surface area (Å²) in [4.78, 5) is 24.0. The predicted molar refractivity (Wildman–Crippen MR) is 98.6 cm³/mol. The molecule has 0 atom stereocenters. The first kappa shape index (κ1) is 20.2. The van der Waals surface area contributed by atoms with Crippen molar-refractivity contribution < 1.29 is 28.2 Å². The van der Waals surface area contributed by atoms with Crippen LogP contribution in [0.3, 0.4) is 0 Å².